The van der Waals surface area contributed by atoms with Gasteiger partial charge in [0.15, 0.2) is 0 Å². The van der Waals surface area contributed by atoms with E-state index in [2.05, 4.69) is 5.32 Å². The Balaban J connectivity index is 2.09. The van der Waals surface area contributed by atoms with Gasteiger partial charge in [-0.2, -0.15) is 0 Å². The number of rotatable bonds is 4. The SMILES string of the molecule is NS(=O)(=O)c1ccc(NC(=O)C=Cc2c(Cl)cccc2Cl)cc1. The average Bonchev–Trinajstić information content (AvgIpc) is 2.46. The number of halogens is 2. The number of benzene rings is 2. The second-order valence-corrected chi connectivity index (χ2v) is 6.90. The molecule has 1 amide bonds. The molecule has 0 aliphatic heterocycles. The van der Waals surface area contributed by atoms with Crippen LogP contribution in [0.1, 0.15) is 5.56 Å². The summed E-state index contributed by atoms with van der Waals surface area (Å²) in [6.45, 7) is 0. The Morgan fingerprint density at radius 2 is 1.61 bits per heavy atom. The number of carbonyl (C=O) groups excluding carboxylic acids is 1. The molecule has 0 radical (unpaired) electrons. The number of carbonyl (C=O) groups is 1. The summed E-state index contributed by atoms with van der Waals surface area (Å²) in [5, 5.41) is 8.44. The number of primary sulfonamides is 1. The van der Waals surface area contributed by atoms with Crippen LogP contribution in [0.25, 0.3) is 6.08 Å². The molecule has 5 nitrogen and oxygen atoms in total. The van der Waals surface area contributed by atoms with E-state index in [0.717, 1.165) is 0 Å². The highest BCUT2D eigenvalue weighted by Crippen LogP contribution is 2.25. The number of nitrogens with one attached hydrogen (secondary N) is 1. The van der Waals surface area contributed by atoms with Crippen molar-refractivity contribution in [2.75, 3.05) is 5.32 Å². The first kappa shape index (κ1) is 17.5. The van der Waals surface area contributed by atoms with E-state index in [1.807, 2.05) is 0 Å². The van der Waals surface area contributed by atoms with Gasteiger partial charge in [-0.05, 0) is 42.5 Å². The lowest BCUT2D eigenvalue weighted by atomic mass is 10.2. The number of nitrogens with two attached hydrogens (primary N) is 1. The molecule has 0 bridgehead atoms. The summed E-state index contributed by atoms with van der Waals surface area (Å²) in [6, 6.07) is 10.5. The predicted molar refractivity (Wildman–Crippen MR) is 91.9 cm³/mol. The molecular formula is C15H12Cl2N2O3S. The van der Waals surface area contributed by atoms with Gasteiger partial charge in [0, 0.05) is 27.4 Å². The quantitative estimate of drug-likeness (QED) is 0.809. The van der Waals surface area contributed by atoms with Crippen LogP contribution in [0.15, 0.2) is 53.4 Å². The van der Waals surface area contributed by atoms with Gasteiger partial charge in [-0.3, -0.25) is 4.79 Å². The van der Waals surface area contributed by atoms with E-state index in [0.29, 0.717) is 21.3 Å². The van der Waals surface area contributed by atoms with E-state index in [9.17, 15) is 13.2 Å². The van der Waals surface area contributed by atoms with Gasteiger partial charge in [-0.1, -0.05) is 29.3 Å². The number of sulfonamides is 1. The first-order valence-electron chi connectivity index (χ1n) is 6.33. The minimum atomic E-state index is -3.76. The maximum Gasteiger partial charge on any atom is 0.248 e. The Hall–Kier alpha value is -1.86. The lowest BCUT2D eigenvalue weighted by Crippen LogP contribution is -2.12. The maximum atomic E-state index is 11.9. The highest BCUT2D eigenvalue weighted by Gasteiger charge is 2.07. The zero-order valence-electron chi connectivity index (χ0n) is 11.7. The molecular weight excluding hydrogens is 359 g/mol. The Kier molecular flexibility index (Phi) is 5.43. The van der Waals surface area contributed by atoms with Crippen molar-refractivity contribution in [2.45, 2.75) is 4.90 Å². The van der Waals surface area contributed by atoms with E-state index in [4.69, 9.17) is 28.3 Å². The topological polar surface area (TPSA) is 89.3 Å². The zero-order chi connectivity index (χ0) is 17.0. The molecule has 0 aromatic heterocycles. The summed E-state index contributed by atoms with van der Waals surface area (Å²) < 4.78 is 22.3. The molecule has 0 aliphatic carbocycles. The molecule has 2 aromatic rings. The van der Waals surface area contributed by atoms with Gasteiger partial charge >= 0.3 is 0 Å². The molecule has 0 saturated carbocycles. The molecule has 0 heterocycles. The van der Waals surface area contributed by atoms with Crippen LogP contribution < -0.4 is 10.5 Å². The van der Waals surface area contributed by atoms with Gasteiger partial charge in [0.2, 0.25) is 15.9 Å². The molecule has 0 fully saturated rings. The summed E-state index contributed by atoms with van der Waals surface area (Å²) in [6.07, 6.45) is 2.78. The van der Waals surface area contributed by atoms with Crippen molar-refractivity contribution >= 4 is 50.9 Å². The molecule has 3 N–H and O–H groups in total. The Bertz CT molecular complexity index is 843. The van der Waals surface area contributed by atoms with Crippen molar-refractivity contribution < 1.29 is 13.2 Å². The van der Waals surface area contributed by atoms with Gasteiger partial charge in [-0.25, -0.2) is 13.6 Å². The van der Waals surface area contributed by atoms with Crippen LogP contribution in [0.2, 0.25) is 10.0 Å². The Labute approximate surface area is 143 Å². The molecule has 0 saturated heterocycles. The summed E-state index contributed by atoms with van der Waals surface area (Å²) in [5.74, 6) is -0.413. The Morgan fingerprint density at radius 3 is 2.13 bits per heavy atom. The Morgan fingerprint density at radius 1 is 1.04 bits per heavy atom. The van der Waals surface area contributed by atoms with Crippen molar-refractivity contribution in [3.05, 3.63) is 64.1 Å². The largest absolute Gasteiger partial charge is 0.323 e. The van der Waals surface area contributed by atoms with Crippen LogP contribution in [0, 0.1) is 0 Å². The summed E-state index contributed by atoms with van der Waals surface area (Å²) in [5.41, 5.74) is 0.966. The fourth-order valence-electron chi connectivity index (χ4n) is 1.74. The highest BCUT2D eigenvalue weighted by molar-refractivity contribution is 7.89. The van der Waals surface area contributed by atoms with Crippen molar-refractivity contribution in [1.82, 2.24) is 0 Å². The number of anilines is 1. The highest BCUT2D eigenvalue weighted by atomic mass is 35.5. The molecule has 120 valence electrons. The van der Waals surface area contributed by atoms with E-state index < -0.39 is 15.9 Å². The van der Waals surface area contributed by atoms with Crippen molar-refractivity contribution in [1.29, 1.82) is 0 Å². The fraction of sp³-hybridized carbons (Fsp3) is 0. The zero-order valence-corrected chi connectivity index (χ0v) is 14.0. The van der Waals surface area contributed by atoms with Crippen LogP contribution in [-0.4, -0.2) is 14.3 Å². The molecule has 8 heteroatoms. The lowest BCUT2D eigenvalue weighted by molar-refractivity contribution is -0.111. The number of hydrogen-bond donors (Lipinski definition) is 2. The van der Waals surface area contributed by atoms with E-state index in [1.165, 1.54) is 36.4 Å². The molecule has 2 aromatic carbocycles. The summed E-state index contributed by atoms with van der Waals surface area (Å²) >= 11 is 12.0. The number of hydrogen-bond acceptors (Lipinski definition) is 3. The van der Waals surface area contributed by atoms with Gasteiger partial charge in [0.25, 0.3) is 0 Å². The monoisotopic (exact) mass is 370 g/mol. The summed E-state index contributed by atoms with van der Waals surface area (Å²) in [7, 11) is -3.76. The van der Waals surface area contributed by atoms with E-state index in [1.54, 1.807) is 18.2 Å². The second kappa shape index (κ2) is 7.14. The molecule has 0 unspecified atom stereocenters. The van der Waals surface area contributed by atoms with Crippen LogP contribution in [-0.2, 0) is 14.8 Å². The predicted octanol–water partition coefficient (Wildman–Crippen LogP) is 3.29. The fourth-order valence-corrected chi connectivity index (χ4v) is 2.78. The normalized spacial score (nSPS) is 11.6. The second-order valence-electron chi connectivity index (χ2n) is 4.53. The molecule has 0 aliphatic rings. The summed E-state index contributed by atoms with van der Waals surface area (Å²) in [4.78, 5) is 11.8. The van der Waals surface area contributed by atoms with E-state index >= 15 is 0 Å². The van der Waals surface area contributed by atoms with Gasteiger partial charge in [0.1, 0.15) is 0 Å². The van der Waals surface area contributed by atoms with Gasteiger partial charge < -0.3 is 5.32 Å². The van der Waals surface area contributed by atoms with Crippen LogP contribution >= 0.6 is 23.2 Å². The lowest BCUT2D eigenvalue weighted by Gasteiger charge is -2.04. The van der Waals surface area contributed by atoms with Crippen LogP contribution in [0.4, 0.5) is 5.69 Å². The standard InChI is InChI=1S/C15H12Cl2N2O3S/c16-13-2-1-3-14(17)12(13)8-9-15(20)19-10-4-6-11(7-5-10)23(18,21)22/h1-9H,(H,19,20)(H2,18,21,22). The third-order valence-corrected chi connectivity index (χ3v) is 4.44. The van der Waals surface area contributed by atoms with E-state index in [-0.39, 0.29) is 4.90 Å². The molecule has 23 heavy (non-hydrogen) atoms. The first-order valence-corrected chi connectivity index (χ1v) is 8.63. The smallest absolute Gasteiger partial charge is 0.248 e. The van der Waals surface area contributed by atoms with Gasteiger partial charge in [-0.15, -0.1) is 0 Å². The third kappa shape index (κ3) is 4.80. The molecule has 0 spiro atoms. The van der Waals surface area contributed by atoms with Crippen molar-refractivity contribution in [2.24, 2.45) is 5.14 Å². The van der Waals surface area contributed by atoms with Crippen molar-refractivity contribution in [3.8, 4) is 0 Å². The minimum Gasteiger partial charge on any atom is -0.323 e. The molecule has 2 rings (SSSR count). The van der Waals surface area contributed by atoms with Gasteiger partial charge in [0.05, 0.1) is 4.90 Å². The first-order chi connectivity index (χ1) is 10.8. The minimum absolute atomic E-state index is 0.0334. The van der Waals surface area contributed by atoms with Crippen LogP contribution in [0.3, 0.4) is 0 Å². The van der Waals surface area contributed by atoms with Crippen molar-refractivity contribution in [3.63, 3.8) is 0 Å². The number of amides is 1. The third-order valence-electron chi connectivity index (χ3n) is 2.85. The van der Waals surface area contributed by atoms with Crippen LogP contribution in [0.5, 0.6) is 0 Å². The average molecular weight is 371 g/mol. The molecule has 0 atom stereocenters. The maximum absolute atomic E-state index is 11.9.